The molecule has 2 fully saturated rings. The number of β-amino-alcohol motifs (C(OH)–C–C–N with tert-alkyl or cyclic N) is 1. The second-order valence-corrected chi connectivity index (χ2v) is 6.92. The molecule has 0 bridgehead atoms. The van der Waals surface area contributed by atoms with Crippen LogP contribution in [-0.2, 0) is 6.18 Å². The minimum atomic E-state index is -4.49. The van der Waals surface area contributed by atoms with Gasteiger partial charge in [-0.15, -0.1) is 0 Å². The summed E-state index contributed by atoms with van der Waals surface area (Å²) in [5, 5.41) is 12.9. The fraction of sp³-hybridized carbons (Fsp3) is 0.611. The zero-order chi connectivity index (χ0) is 19.4. The molecule has 0 spiro atoms. The number of aliphatic hydroxyl groups excluding tert-OH is 1. The number of carbonyl (C=O) groups is 1. The van der Waals surface area contributed by atoms with Crippen LogP contribution in [0.2, 0.25) is 0 Å². The highest BCUT2D eigenvalue weighted by Crippen LogP contribution is 2.35. The number of amides is 2. The summed E-state index contributed by atoms with van der Waals surface area (Å²) in [6, 6.07) is 5.16. The normalized spacial score (nSPS) is 20.6. The van der Waals surface area contributed by atoms with Crippen molar-refractivity contribution in [1.82, 2.24) is 15.1 Å². The molecule has 0 aromatic heterocycles. The zero-order valence-corrected chi connectivity index (χ0v) is 14.9. The Bertz CT molecular complexity index is 648. The smallest absolute Gasteiger partial charge is 0.419 e. The number of alkyl halides is 3. The monoisotopic (exact) mass is 387 g/mol. The van der Waals surface area contributed by atoms with Gasteiger partial charge in [0.2, 0.25) is 0 Å². The molecule has 6 nitrogen and oxygen atoms in total. The number of para-hydroxylation sites is 1. The van der Waals surface area contributed by atoms with E-state index in [1.165, 1.54) is 18.2 Å². The van der Waals surface area contributed by atoms with Crippen molar-refractivity contribution < 1.29 is 27.8 Å². The molecule has 27 heavy (non-hydrogen) atoms. The van der Waals surface area contributed by atoms with E-state index in [1.54, 1.807) is 0 Å². The van der Waals surface area contributed by atoms with E-state index >= 15 is 0 Å². The molecule has 150 valence electrons. The van der Waals surface area contributed by atoms with Crippen LogP contribution in [0, 0.1) is 0 Å². The van der Waals surface area contributed by atoms with Crippen molar-refractivity contribution in [3.05, 3.63) is 29.8 Å². The molecule has 1 unspecified atom stereocenters. The van der Waals surface area contributed by atoms with E-state index in [9.17, 15) is 23.1 Å². The highest BCUT2D eigenvalue weighted by molar-refractivity contribution is 5.76. The van der Waals surface area contributed by atoms with Crippen molar-refractivity contribution in [2.45, 2.75) is 31.2 Å². The SMILES string of the molecule is O=C1NCCN1C1CCN(CC(O)COc2ccccc2C(F)(F)F)CC1. The molecule has 2 N–H and O–H groups in total. The topological polar surface area (TPSA) is 65.0 Å². The van der Waals surface area contributed by atoms with Crippen molar-refractivity contribution >= 4 is 6.03 Å². The van der Waals surface area contributed by atoms with Gasteiger partial charge in [0, 0.05) is 38.8 Å². The van der Waals surface area contributed by atoms with E-state index in [2.05, 4.69) is 5.32 Å². The standard InChI is InChI=1S/C18H24F3N3O3/c19-18(20,21)15-3-1-2-4-16(15)27-12-14(25)11-23-8-5-13(6-9-23)24-10-7-22-17(24)26/h1-4,13-14,25H,5-12H2,(H,22,26). The fourth-order valence-corrected chi connectivity index (χ4v) is 3.61. The van der Waals surface area contributed by atoms with Crippen LogP contribution in [0.15, 0.2) is 24.3 Å². The Labute approximate surface area is 155 Å². The van der Waals surface area contributed by atoms with E-state index in [-0.39, 0.29) is 24.4 Å². The zero-order valence-electron chi connectivity index (χ0n) is 14.9. The van der Waals surface area contributed by atoms with Gasteiger partial charge in [-0.25, -0.2) is 4.79 Å². The molecule has 2 saturated heterocycles. The largest absolute Gasteiger partial charge is 0.490 e. The van der Waals surface area contributed by atoms with Gasteiger partial charge < -0.3 is 25.0 Å². The first-order valence-corrected chi connectivity index (χ1v) is 9.08. The van der Waals surface area contributed by atoms with Crippen molar-refractivity contribution in [2.75, 3.05) is 39.3 Å². The average Bonchev–Trinajstić information content (AvgIpc) is 3.06. The molecule has 2 amide bonds. The number of hydrogen-bond donors (Lipinski definition) is 2. The predicted molar refractivity (Wildman–Crippen MR) is 92.5 cm³/mol. The van der Waals surface area contributed by atoms with Crippen molar-refractivity contribution in [1.29, 1.82) is 0 Å². The second-order valence-electron chi connectivity index (χ2n) is 6.92. The number of nitrogens with zero attached hydrogens (tertiary/aromatic N) is 2. The number of rotatable bonds is 6. The first-order chi connectivity index (χ1) is 12.8. The molecule has 1 atom stereocenters. The Balaban J connectivity index is 1.44. The van der Waals surface area contributed by atoms with Gasteiger partial charge in [-0.05, 0) is 25.0 Å². The van der Waals surface area contributed by atoms with E-state index < -0.39 is 17.8 Å². The summed E-state index contributed by atoms with van der Waals surface area (Å²) < 4.78 is 44.1. The first-order valence-electron chi connectivity index (χ1n) is 9.08. The predicted octanol–water partition coefficient (Wildman–Crippen LogP) is 1.93. The summed E-state index contributed by atoms with van der Waals surface area (Å²) in [6.45, 7) is 2.97. The molecule has 2 aliphatic rings. The van der Waals surface area contributed by atoms with Gasteiger partial charge >= 0.3 is 12.2 Å². The molecule has 3 rings (SSSR count). The fourth-order valence-electron chi connectivity index (χ4n) is 3.61. The third-order valence-electron chi connectivity index (χ3n) is 4.98. The lowest BCUT2D eigenvalue weighted by Crippen LogP contribution is -2.48. The lowest BCUT2D eigenvalue weighted by molar-refractivity contribution is -0.139. The summed E-state index contributed by atoms with van der Waals surface area (Å²) in [6.07, 6.45) is -3.75. The summed E-state index contributed by atoms with van der Waals surface area (Å²) in [4.78, 5) is 15.6. The van der Waals surface area contributed by atoms with Gasteiger partial charge in [0.15, 0.2) is 0 Å². The second kappa shape index (κ2) is 8.35. The molecule has 1 aromatic rings. The molecule has 0 aliphatic carbocycles. The molecule has 1 aromatic carbocycles. The molecule has 0 radical (unpaired) electrons. The number of aliphatic hydroxyl groups is 1. The number of nitrogens with one attached hydrogen (secondary N) is 1. The van der Waals surface area contributed by atoms with Gasteiger partial charge in [0.05, 0.1) is 5.56 Å². The van der Waals surface area contributed by atoms with Crippen LogP contribution in [-0.4, -0.2) is 72.4 Å². The Morgan fingerprint density at radius 2 is 1.93 bits per heavy atom. The number of likely N-dealkylation sites (tertiary alicyclic amines) is 1. The van der Waals surface area contributed by atoms with E-state index in [1.807, 2.05) is 9.80 Å². The van der Waals surface area contributed by atoms with Gasteiger partial charge in [-0.3, -0.25) is 0 Å². The molecule has 2 heterocycles. The van der Waals surface area contributed by atoms with E-state index in [4.69, 9.17) is 4.74 Å². The van der Waals surface area contributed by atoms with E-state index in [0.29, 0.717) is 13.1 Å². The first kappa shape index (κ1) is 19.8. The molecular formula is C18H24F3N3O3. The minimum absolute atomic E-state index is 0.0229. The maximum absolute atomic E-state index is 13.0. The van der Waals surface area contributed by atoms with Crippen molar-refractivity contribution in [3.8, 4) is 5.75 Å². The van der Waals surface area contributed by atoms with Crippen LogP contribution in [0.4, 0.5) is 18.0 Å². The Morgan fingerprint density at radius 3 is 2.56 bits per heavy atom. The molecular weight excluding hydrogens is 363 g/mol. The van der Waals surface area contributed by atoms with Crippen LogP contribution < -0.4 is 10.1 Å². The van der Waals surface area contributed by atoms with Crippen LogP contribution in [0.25, 0.3) is 0 Å². The van der Waals surface area contributed by atoms with Crippen LogP contribution in [0.1, 0.15) is 18.4 Å². The molecule has 2 aliphatic heterocycles. The lowest BCUT2D eigenvalue weighted by Gasteiger charge is -2.36. The molecule has 0 saturated carbocycles. The number of benzene rings is 1. The Kier molecular flexibility index (Phi) is 6.11. The van der Waals surface area contributed by atoms with Crippen LogP contribution in [0.3, 0.4) is 0 Å². The number of hydrogen-bond acceptors (Lipinski definition) is 4. The van der Waals surface area contributed by atoms with Crippen LogP contribution in [0.5, 0.6) is 5.75 Å². The van der Waals surface area contributed by atoms with E-state index in [0.717, 1.165) is 38.5 Å². The quantitative estimate of drug-likeness (QED) is 0.783. The van der Waals surface area contributed by atoms with Crippen LogP contribution >= 0.6 is 0 Å². The Hall–Kier alpha value is -2.00. The minimum Gasteiger partial charge on any atom is -0.490 e. The van der Waals surface area contributed by atoms with Crippen molar-refractivity contribution in [3.63, 3.8) is 0 Å². The van der Waals surface area contributed by atoms with Gasteiger partial charge in [-0.2, -0.15) is 13.2 Å². The van der Waals surface area contributed by atoms with Gasteiger partial charge in [0.1, 0.15) is 18.5 Å². The highest BCUT2D eigenvalue weighted by Gasteiger charge is 2.34. The number of carbonyl (C=O) groups excluding carboxylic acids is 1. The van der Waals surface area contributed by atoms with Crippen molar-refractivity contribution in [2.24, 2.45) is 0 Å². The number of urea groups is 1. The number of ether oxygens (including phenoxy) is 1. The Morgan fingerprint density at radius 1 is 1.22 bits per heavy atom. The number of piperidine rings is 1. The third kappa shape index (κ3) is 5.04. The summed E-state index contributed by atoms with van der Waals surface area (Å²) in [5.74, 6) is -0.275. The summed E-state index contributed by atoms with van der Waals surface area (Å²) in [7, 11) is 0. The van der Waals surface area contributed by atoms with Gasteiger partial charge in [0.25, 0.3) is 0 Å². The average molecular weight is 387 g/mol. The van der Waals surface area contributed by atoms with Gasteiger partial charge in [-0.1, -0.05) is 12.1 Å². The maximum Gasteiger partial charge on any atom is 0.419 e. The maximum atomic E-state index is 13.0. The molecule has 9 heteroatoms. The lowest BCUT2D eigenvalue weighted by atomic mass is 10.0. The number of halogens is 3. The third-order valence-corrected chi connectivity index (χ3v) is 4.98. The highest BCUT2D eigenvalue weighted by atomic mass is 19.4. The summed E-state index contributed by atoms with van der Waals surface area (Å²) in [5.41, 5.74) is -0.845. The summed E-state index contributed by atoms with van der Waals surface area (Å²) >= 11 is 0.